The Morgan fingerprint density at radius 1 is 1.28 bits per heavy atom. The van der Waals surface area contributed by atoms with Crippen LogP contribution in [-0.4, -0.2) is 55.7 Å². The lowest BCUT2D eigenvalue weighted by molar-refractivity contribution is -0.140. The van der Waals surface area contributed by atoms with Gasteiger partial charge in [-0.15, -0.1) is 24.0 Å². The highest BCUT2D eigenvalue weighted by Crippen LogP contribution is 2.19. The summed E-state index contributed by atoms with van der Waals surface area (Å²) in [6.07, 6.45) is 4.39. The molecule has 0 aromatic heterocycles. The number of rotatable bonds is 9. The van der Waals surface area contributed by atoms with Gasteiger partial charge in [0.1, 0.15) is 0 Å². The van der Waals surface area contributed by atoms with Crippen molar-refractivity contribution < 1.29 is 9.53 Å². The number of carbonyl (C=O) groups is 1. The number of piperidine rings is 1. The molecule has 0 radical (unpaired) electrons. The molecular formula is C22H37IN4O2. The van der Waals surface area contributed by atoms with Crippen molar-refractivity contribution in [1.82, 2.24) is 15.5 Å². The molecular weight excluding hydrogens is 479 g/mol. The lowest BCUT2D eigenvalue weighted by Gasteiger charge is -2.38. The average Bonchev–Trinajstić information content (AvgIpc) is 2.70. The Hall–Kier alpha value is -1.35. The van der Waals surface area contributed by atoms with E-state index in [9.17, 15) is 4.79 Å². The van der Waals surface area contributed by atoms with E-state index in [-0.39, 0.29) is 29.9 Å². The Labute approximate surface area is 192 Å². The summed E-state index contributed by atoms with van der Waals surface area (Å²) in [6, 6.07) is 11.7. The van der Waals surface area contributed by atoms with Gasteiger partial charge in [-0.3, -0.25) is 14.7 Å². The van der Waals surface area contributed by atoms with Gasteiger partial charge in [-0.05, 0) is 45.1 Å². The maximum Gasteiger partial charge on any atom is 0.305 e. The number of nitrogens with one attached hydrogen (secondary N) is 2. The predicted molar refractivity (Wildman–Crippen MR) is 130 cm³/mol. The highest BCUT2D eigenvalue weighted by Gasteiger charge is 2.25. The van der Waals surface area contributed by atoms with E-state index in [0.29, 0.717) is 25.0 Å². The molecule has 1 aliphatic heterocycles. The van der Waals surface area contributed by atoms with Crippen molar-refractivity contribution in [3.63, 3.8) is 0 Å². The maximum absolute atomic E-state index is 11.2. The number of guanidine groups is 1. The van der Waals surface area contributed by atoms with Crippen LogP contribution in [0.25, 0.3) is 0 Å². The van der Waals surface area contributed by atoms with Gasteiger partial charge in [-0.1, -0.05) is 30.3 Å². The normalized spacial score (nSPS) is 19.9. The largest absolute Gasteiger partial charge is 0.469 e. The second kappa shape index (κ2) is 14.6. The lowest BCUT2D eigenvalue weighted by atomic mass is 9.97. The molecule has 0 saturated carbocycles. The standard InChI is InChI=1S/C22H36N4O2.HI/c1-4-23-22(24-14-9-8-12-21(27)28-3)25-20-13-15-26(18(2)16-20)17-19-10-6-5-7-11-19;/h5-7,10-11,18,20H,4,8-9,12-17H2,1-3H3,(H2,23,24,25);1H. The molecule has 1 heterocycles. The quantitative estimate of drug-likeness (QED) is 0.173. The number of ether oxygens (including phenoxy) is 1. The van der Waals surface area contributed by atoms with Gasteiger partial charge in [0.05, 0.1) is 7.11 Å². The maximum atomic E-state index is 11.2. The molecule has 0 amide bonds. The van der Waals surface area contributed by atoms with E-state index in [1.807, 2.05) is 0 Å². The van der Waals surface area contributed by atoms with Crippen molar-refractivity contribution in [3.8, 4) is 0 Å². The molecule has 1 aliphatic rings. The average molecular weight is 516 g/mol. The summed E-state index contributed by atoms with van der Waals surface area (Å²) >= 11 is 0. The molecule has 0 spiro atoms. The zero-order chi connectivity index (χ0) is 20.2. The molecule has 29 heavy (non-hydrogen) atoms. The van der Waals surface area contributed by atoms with Crippen LogP contribution in [0.5, 0.6) is 0 Å². The molecule has 2 atom stereocenters. The number of carbonyl (C=O) groups excluding carboxylic acids is 1. The van der Waals surface area contributed by atoms with Crippen LogP contribution >= 0.6 is 24.0 Å². The number of methoxy groups -OCH3 is 1. The summed E-state index contributed by atoms with van der Waals surface area (Å²) in [6.45, 7) is 8.06. The fourth-order valence-corrected chi connectivity index (χ4v) is 3.59. The Morgan fingerprint density at radius 2 is 2.03 bits per heavy atom. The third kappa shape index (κ3) is 9.80. The second-order valence-electron chi connectivity index (χ2n) is 7.46. The van der Waals surface area contributed by atoms with Crippen LogP contribution in [0, 0.1) is 0 Å². The molecule has 2 rings (SSSR count). The van der Waals surface area contributed by atoms with Crippen LogP contribution in [0.2, 0.25) is 0 Å². The number of hydrogen-bond acceptors (Lipinski definition) is 4. The third-order valence-corrected chi connectivity index (χ3v) is 5.21. The molecule has 7 heteroatoms. The van der Waals surface area contributed by atoms with Gasteiger partial charge in [-0.25, -0.2) is 0 Å². The van der Waals surface area contributed by atoms with E-state index in [1.54, 1.807) is 0 Å². The number of esters is 1. The minimum atomic E-state index is -0.148. The first-order valence-corrected chi connectivity index (χ1v) is 10.5. The summed E-state index contributed by atoms with van der Waals surface area (Å²) in [5, 5.41) is 6.94. The molecule has 6 nitrogen and oxygen atoms in total. The smallest absolute Gasteiger partial charge is 0.305 e. The number of benzene rings is 1. The van der Waals surface area contributed by atoms with Crippen molar-refractivity contribution in [3.05, 3.63) is 35.9 Å². The van der Waals surface area contributed by atoms with Crippen LogP contribution in [0.3, 0.4) is 0 Å². The first-order valence-electron chi connectivity index (χ1n) is 10.5. The topological polar surface area (TPSA) is 66.0 Å². The molecule has 0 aliphatic carbocycles. The van der Waals surface area contributed by atoms with Gasteiger partial charge in [0.25, 0.3) is 0 Å². The summed E-state index contributed by atoms with van der Waals surface area (Å²) < 4.78 is 4.67. The predicted octanol–water partition coefficient (Wildman–Crippen LogP) is 3.56. The minimum Gasteiger partial charge on any atom is -0.469 e. The van der Waals surface area contributed by atoms with Gasteiger partial charge in [0.15, 0.2) is 5.96 Å². The third-order valence-electron chi connectivity index (χ3n) is 5.21. The van der Waals surface area contributed by atoms with Gasteiger partial charge in [0, 0.05) is 44.7 Å². The van der Waals surface area contributed by atoms with Gasteiger partial charge in [0.2, 0.25) is 0 Å². The van der Waals surface area contributed by atoms with Crippen molar-refractivity contribution in [1.29, 1.82) is 0 Å². The molecule has 2 N–H and O–H groups in total. The minimum absolute atomic E-state index is 0. The summed E-state index contributed by atoms with van der Waals surface area (Å²) in [5.41, 5.74) is 1.38. The summed E-state index contributed by atoms with van der Waals surface area (Å²) in [4.78, 5) is 18.4. The van der Waals surface area contributed by atoms with Crippen molar-refractivity contribution in [2.24, 2.45) is 4.99 Å². The zero-order valence-electron chi connectivity index (χ0n) is 18.0. The van der Waals surface area contributed by atoms with Crippen LogP contribution in [0.1, 0.15) is 51.5 Å². The van der Waals surface area contributed by atoms with Crippen molar-refractivity contribution in [2.75, 3.05) is 26.7 Å². The Bertz CT molecular complexity index is 612. The van der Waals surface area contributed by atoms with E-state index in [2.05, 4.69) is 69.4 Å². The lowest BCUT2D eigenvalue weighted by Crippen LogP contribution is -2.51. The van der Waals surface area contributed by atoms with Gasteiger partial charge in [-0.2, -0.15) is 0 Å². The number of aliphatic imine (C=N–C) groups is 1. The van der Waals surface area contributed by atoms with Gasteiger partial charge < -0.3 is 15.4 Å². The molecule has 1 aromatic rings. The molecule has 1 aromatic carbocycles. The molecule has 164 valence electrons. The molecule has 0 bridgehead atoms. The van der Waals surface area contributed by atoms with Crippen molar-refractivity contribution >= 4 is 35.9 Å². The molecule has 2 unspecified atom stereocenters. The number of halogens is 1. The Kier molecular flexibility index (Phi) is 12.9. The van der Waals surface area contributed by atoms with Crippen molar-refractivity contribution in [2.45, 2.75) is 64.6 Å². The first kappa shape index (κ1) is 25.7. The van der Waals surface area contributed by atoms with Crippen LogP contribution in [0.15, 0.2) is 35.3 Å². The monoisotopic (exact) mass is 516 g/mol. The van der Waals surface area contributed by atoms with E-state index in [0.717, 1.165) is 51.3 Å². The first-order chi connectivity index (χ1) is 13.6. The SMILES string of the molecule is CCNC(=NCCCCC(=O)OC)NC1CCN(Cc2ccccc2)C(C)C1.I. The number of hydrogen-bond donors (Lipinski definition) is 2. The zero-order valence-corrected chi connectivity index (χ0v) is 20.4. The van der Waals surface area contributed by atoms with Crippen LogP contribution in [0.4, 0.5) is 0 Å². The Balaban J connectivity index is 0.00000420. The van der Waals surface area contributed by atoms with E-state index in [1.165, 1.54) is 12.7 Å². The number of nitrogens with zero attached hydrogens (tertiary/aromatic N) is 2. The molecule has 1 fully saturated rings. The Morgan fingerprint density at radius 3 is 2.69 bits per heavy atom. The number of unbranched alkanes of at least 4 members (excludes halogenated alkanes) is 1. The van der Waals surface area contributed by atoms with E-state index >= 15 is 0 Å². The fraction of sp³-hybridized carbons (Fsp3) is 0.636. The van der Waals surface area contributed by atoms with Gasteiger partial charge >= 0.3 is 5.97 Å². The summed E-state index contributed by atoms with van der Waals surface area (Å²) in [7, 11) is 1.43. The van der Waals surface area contributed by atoms with Crippen LogP contribution < -0.4 is 10.6 Å². The highest BCUT2D eigenvalue weighted by molar-refractivity contribution is 14.0. The summed E-state index contributed by atoms with van der Waals surface area (Å²) in [5.74, 6) is 0.736. The van der Waals surface area contributed by atoms with E-state index in [4.69, 9.17) is 0 Å². The molecule has 1 saturated heterocycles. The number of likely N-dealkylation sites (tertiary alicyclic amines) is 1. The van der Waals surface area contributed by atoms with E-state index < -0.39 is 0 Å². The fourth-order valence-electron chi connectivity index (χ4n) is 3.59. The van der Waals surface area contributed by atoms with Crippen LogP contribution in [-0.2, 0) is 16.1 Å². The highest BCUT2D eigenvalue weighted by atomic mass is 127. The second-order valence-corrected chi connectivity index (χ2v) is 7.46.